The zero-order valence-corrected chi connectivity index (χ0v) is 24.0. The fraction of sp³-hybridized carbons (Fsp3) is 0.250. The molecule has 0 saturated carbocycles. The number of ether oxygens (including phenoxy) is 2. The quantitative estimate of drug-likeness (QED) is 0.255. The maximum Gasteiger partial charge on any atom is 0.338 e. The Kier molecular flexibility index (Phi) is 9.66. The van der Waals surface area contributed by atoms with E-state index < -0.39 is 54.8 Å². The smallest absolute Gasteiger partial charge is 0.338 e. The first kappa shape index (κ1) is 30.6. The minimum atomic E-state index is -1.34. The molecule has 0 aliphatic carbocycles. The zero-order chi connectivity index (χ0) is 31.1. The van der Waals surface area contributed by atoms with Crippen LogP contribution in [0.15, 0.2) is 66.7 Å². The lowest BCUT2D eigenvalue weighted by molar-refractivity contribution is -0.150. The first-order valence-corrected chi connectivity index (χ1v) is 13.7. The summed E-state index contributed by atoms with van der Waals surface area (Å²) in [4.78, 5) is 76.4. The van der Waals surface area contributed by atoms with Crippen LogP contribution < -0.4 is 10.6 Å². The molecule has 4 amide bonds. The number of amides is 4. The summed E-state index contributed by atoms with van der Waals surface area (Å²) in [6, 6.07) is 16.8. The van der Waals surface area contributed by atoms with Crippen LogP contribution in [0.4, 0.5) is 11.4 Å². The van der Waals surface area contributed by atoms with Gasteiger partial charge in [-0.2, -0.15) is 0 Å². The number of nitrogens with zero attached hydrogens (tertiary/aromatic N) is 1. The van der Waals surface area contributed by atoms with Gasteiger partial charge in [-0.15, -0.1) is 0 Å². The van der Waals surface area contributed by atoms with Gasteiger partial charge in [0, 0.05) is 11.4 Å². The Morgan fingerprint density at radius 3 is 1.70 bits per heavy atom. The average molecular weight is 586 g/mol. The van der Waals surface area contributed by atoms with Crippen LogP contribution in [0.1, 0.15) is 63.0 Å². The van der Waals surface area contributed by atoms with Crippen LogP contribution in [0.5, 0.6) is 0 Å². The van der Waals surface area contributed by atoms with Crippen molar-refractivity contribution in [2.24, 2.45) is 0 Å². The Hall–Kier alpha value is -5.32. The number of nitrogens with one attached hydrogen (secondary N) is 2. The first-order valence-electron chi connectivity index (χ1n) is 13.7. The molecule has 1 atom stereocenters. The summed E-state index contributed by atoms with van der Waals surface area (Å²) in [5.74, 6) is -4.53. The Morgan fingerprint density at radius 1 is 0.698 bits per heavy atom. The van der Waals surface area contributed by atoms with E-state index in [9.17, 15) is 28.8 Å². The Morgan fingerprint density at radius 2 is 1.19 bits per heavy atom. The lowest BCUT2D eigenvalue weighted by Gasteiger charge is -2.20. The van der Waals surface area contributed by atoms with Crippen LogP contribution in [0.25, 0.3) is 0 Å². The molecule has 1 unspecified atom stereocenters. The highest BCUT2D eigenvalue weighted by Crippen LogP contribution is 2.26. The molecule has 0 fully saturated rings. The molecule has 0 aromatic heterocycles. The van der Waals surface area contributed by atoms with Crippen LogP contribution in [0, 0.1) is 0 Å². The molecule has 3 aromatic rings. The van der Waals surface area contributed by atoms with E-state index in [0.29, 0.717) is 16.3 Å². The third-order valence-electron chi connectivity index (χ3n) is 6.85. The summed E-state index contributed by atoms with van der Waals surface area (Å²) >= 11 is 0. The molecule has 3 aromatic carbocycles. The fourth-order valence-electron chi connectivity index (χ4n) is 4.36. The summed E-state index contributed by atoms with van der Waals surface area (Å²) in [6.07, 6.45) is 1.70. The van der Waals surface area contributed by atoms with E-state index in [-0.39, 0.29) is 16.7 Å². The zero-order valence-electron chi connectivity index (χ0n) is 24.0. The molecule has 222 valence electrons. The Labute approximate surface area is 248 Å². The van der Waals surface area contributed by atoms with Crippen molar-refractivity contribution in [2.75, 3.05) is 23.8 Å². The van der Waals surface area contributed by atoms with Gasteiger partial charge >= 0.3 is 11.9 Å². The van der Waals surface area contributed by atoms with E-state index >= 15 is 0 Å². The van der Waals surface area contributed by atoms with Crippen LogP contribution in [0.2, 0.25) is 0 Å². The van der Waals surface area contributed by atoms with Crippen molar-refractivity contribution in [3.8, 4) is 0 Å². The highest BCUT2D eigenvalue weighted by Gasteiger charge is 2.42. The van der Waals surface area contributed by atoms with Gasteiger partial charge in [0.05, 0.1) is 16.7 Å². The first-order chi connectivity index (χ1) is 20.6. The van der Waals surface area contributed by atoms with E-state index in [0.717, 1.165) is 24.0 Å². The molecule has 11 heteroatoms. The number of imide groups is 1. The van der Waals surface area contributed by atoms with Crippen LogP contribution in [-0.2, 0) is 36.7 Å². The van der Waals surface area contributed by atoms with Gasteiger partial charge in [-0.3, -0.25) is 24.1 Å². The molecule has 1 aliphatic rings. The second-order valence-electron chi connectivity index (χ2n) is 9.80. The van der Waals surface area contributed by atoms with Crippen molar-refractivity contribution < 1.29 is 38.2 Å². The van der Waals surface area contributed by atoms with E-state index in [1.807, 2.05) is 38.1 Å². The maximum atomic E-state index is 13.1. The second kappa shape index (κ2) is 13.6. The number of anilines is 2. The Balaban J connectivity index is 1.31. The predicted molar refractivity (Wildman–Crippen MR) is 157 cm³/mol. The number of rotatable bonds is 11. The lowest BCUT2D eigenvalue weighted by Crippen LogP contribution is -2.44. The van der Waals surface area contributed by atoms with Crippen molar-refractivity contribution in [3.63, 3.8) is 0 Å². The number of esters is 2. The summed E-state index contributed by atoms with van der Waals surface area (Å²) in [7, 11) is 0. The van der Waals surface area contributed by atoms with Gasteiger partial charge < -0.3 is 20.1 Å². The molecule has 0 saturated heterocycles. The van der Waals surface area contributed by atoms with Gasteiger partial charge in [0.1, 0.15) is 6.04 Å². The SMILES string of the molecule is CCc1ccc(NC(=O)COC(=O)c2ccc3c(c2)C(=O)N(C(C)C(=O)OCC(=O)Nc2ccc(CC)cc2)C3=O)cc1. The molecule has 0 spiro atoms. The van der Waals surface area contributed by atoms with Gasteiger partial charge in [0.15, 0.2) is 13.2 Å². The van der Waals surface area contributed by atoms with E-state index in [1.54, 1.807) is 24.3 Å². The summed E-state index contributed by atoms with van der Waals surface area (Å²) in [6.45, 7) is 4.14. The number of hydrogen-bond donors (Lipinski definition) is 2. The number of carbonyl (C=O) groups excluding carboxylic acids is 6. The van der Waals surface area contributed by atoms with Crippen LogP contribution in [0.3, 0.4) is 0 Å². The molecule has 0 radical (unpaired) electrons. The normalized spacial score (nSPS) is 12.8. The van der Waals surface area contributed by atoms with Crippen molar-refractivity contribution in [1.29, 1.82) is 0 Å². The van der Waals surface area contributed by atoms with Gasteiger partial charge in [0.2, 0.25) is 0 Å². The molecule has 1 heterocycles. The summed E-state index contributed by atoms with van der Waals surface area (Å²) in [5, 5.41) is 5.23. The lowest BCUT2D eigenvalue weighted by atomic mass is 10.1. The van der Waals surface area contributed by atoms with E-state index in [1.165, 1.54) is 25.1 Å². The largest absolute Gasteiger partial charge is 0.454 e. The van der Waals surface area contributed by atoms with Crippen molar-refractivity contribution in [1.82, 2.24) is 4.90 Å². The average Bonchev–Trinajstić information content (AvgIpc) is 3.27. The van der Waals surface area contributed by atoms with Gasteiger partial charge in [-0.1, -0.05) is 38.1 Å². The monoisotopic (exact) mass is 585 g/mol. The molecule has 2 N–H and O–H groups in total. The minimum Gasteiger partial charge on any atom is -0.454 e. The molecule has 0 bridgehead atoms. The van der Waals surface area contributed by atoms with Gasteiger partial charge in [-0.05, 0) is 73.4 Å². The molecule has 43 heavy (non-hydrogen) atoms. The molecule has 11 nitrogen and oxygen atoms in total. The maximum absolute atomic E-state index is 13.1. The Bertz CT molecular complexity index is 1560. The molecular formula is C32H31N3O8. The second-order valence-corrected chi connectivity index (χ2v) is 9.80. The van der Waals surface area contributed by atoms with Crippen molar-refractivity contribution in [3.05, 3.63) is 94.5 Å². The van der Waals surface area contributed by atoms with E-state index in [2.05, 4.69) is 10.6 Å². The summed E-state index contributed by atoms with van der Waals surface area (Å²) in [5.41, 5.74) is 3.12. The summed E-state index contributed by atoms with van der Waals surface area (Å²) < 4.78 is 10.1. The number of fused-ring (bicyclic) bond motifs is 1. The molecule has 1 aliphatic heterocycles. The number of hydrogen-bond acceptors (Lipinski definition) is 8. The van der Waals surface area contributed by atoms with Crippen LogP contribution in [-0.4, -0.2) is 59.7 Å². The van der Waals surface area contributed by atoms with Crippen LogP contribution >= 0.6 is 0 Å². The standard InChI is InChI=1S/C32H31N3O8/c1-4-20-6-11-23(12-7-20)33-27(36)17-42-31(40)19(3)35-29(38)25-15-10-22(16-26(25)30(35)39)32(41)43-18-28(37)34-24-13-8-21(5-2)9-14-24/h6-16,19H,4-5,17-18H2,1-3H3,(H,33,36)(H,34,37). The van der Waals surface area contributed by atoms with Crippen molar-refractivity contribution in [2.45, 2.75) is 39.7 Å². The third kappa shape index (κ3) is 7.31. The van der Waals surface area contributed by atoms with Gasteiger partial charge in [0.25, 0.3) is 23.6 Å². The predicted octanol–water partition coefficient (Wildman–Crippen LogP) is 3.77. The fourth-order valence-corrected chi connectivity index (χ4v) is 4.36. The van der Waals surface area contributed by atoms with Gasteiger partial charge in [-0.25, -0.2) is 9.59 Å². The number of aryl methyl sites for hydroxylation is 2. The third-order valence-corrected chi connectivity index (χ3v) is 6.85. The van der Waals surface area contributed by atoms with E-state index in [4.69, 9.17) is 9.47 Å². The highest BCUT2D eigenvalue weighted by molar-refractivity contribution is 6.23. The molecular weight excluding hydrogens is 554 g/mol. The number of benzene rings is 3. The number of carbonyl (C=O) groups is 6. The van der Waals surface area contributed by atoms with Crippen molar-refractivity contribution >= 4 is 46.9 Å². The molecule has 4 rings (SSSR count). The minimum absolute atomic E-state index is 0.0114. The topological polar surface area (TPSA) is 148 Å². The highest BCUT2D eigenvalue weighted by atomic mass is 16.5.